The molecule has 0 fully saturated rings. The van der Waals surface area contributed by atoms with Crippen LogP contribution in [-0.2, 0) is 11.3 Å². The fourth-order valence-corrected chi connectivity index (χ4v) is 5.77. The Morgan fingerprint density at radius 3 is 2.71 bits per heavy atom. The van der Waals surface area contributed by atoms with Crippen LogP contribution in [0.1, 0.15) is 31.4 Å². The summed E-state index contributed by atoms with van der Waals surface area (Å²) >= 11 is 7.58. The topological polar surface area (TPSA) is 72.8 Å². The van der Waals surface area contributed by atoms with Gasteiger partial charge in [-0.25, -0.2) is 0 Å². The lowest BCUT2D eigenvalue weighted by Crippen LogP contribution is -2.34. The smallest absolute Gasteiger partial charge is 0.269 e. The number of fused-ring (bicyclic) bond motifs is 2. The summed E-state index contributed by atoms with van der Waals surface area (Å²) in [4.78, 5) is 28.9. The molecule has 2 aromatic carbocycles. The Morgan fingerprint density at radius 1 is 1.11 bits per heavy atom. The predicted molar refractivity (Wildman–Crippen MR) is 139 cm³/mol. The van der Waals surface area contributed by atoms with Gasteiger partial charge in [-0.3, -0.25) is 14.2 Å². The van der Waals surface area contributed by atoms with E-state index in [-0.39, 0.29) is 18.3 Å². The third-order valence-electron chi connectivity index (χ3n) is 6.29. The van der Waals surface area contributed by atoms with E-state index in [1.54, 1.807) is 22.8 Å². The molecule has 35 heavy (non-hydrogen) atoms. The summed E-state index contributed by atoms with van der Waals surface area (Å²) < 4.78 is 13.8. The first-order chi connectivity index (χ1) is 17.0. The van der Waals surface area contributed by atoms with E-state index < -0.39 is 0 Å². The maximum atomic E-state index is 13.6. The van der Waals surface area contributed by atoms with Crippen LogP contribution in [0.15, 0.2) is 41.2 Å². The highest BCUT2D eigenvalue weighted by molar-refractivity contribution is 7.07. The van der Waals surface area contributed by atoms with Gasteiger partial charge in [0.1, 0.15) is 4.66 Å². The van der Waals surface area contributed by atoms with Crippen LogP contribution >= 0.6 is 22.9 Å². The standard InChI is InChI=1S/C26H26ClN3O4S/c1-3-29(4-2)10-5-11-30-25(32)22(13-16-6-9-20-21(12-16)34-15-33-20)35-26(30)23-18-14-17(27)7-8-19(18)28-24(23)31/h6-9,12-14H,3-5,10-11,15H2,1-2H3,(H,28,31)/b22-13-,26-23-. The molecule has 0 saturated heterocycles. The lowest BCUT2D eigenvalue weighted by Gasteiger charge is -2.17. The number of hydrogen-bond acceptors (Lipinski definition) is 6. The third-order valence-corrected chi connectivity index (χ3v) is 7.66. The Hall–Kier alpha value is -3.07. The average Bonchev–Trinajstić information content (AvgIpc) is 3.52. The van der Waals surface area contributed by atoms with Gasteiger partial charge >= 0.3 is 0 Å². The number of aromatic nitrogens is 1. The van der Waals surface area contributed by atoms with E-state index in [0.717, 1.165) is 37.2 Å². The van der Waals surface area contributed by atoms with Crippen LogP contribution < -0.4 is 29.5 Å². The molecule has 1 amide bonds. The van der Waals surface area contributed by atoms with Gasteiger partial charge in [-0.2, -0.15) is 0 Å². The summed E-state index contributed by atoms with van der Waals surface area (Å²) in [5.41, 5.74) is 2.62. The molecule has 0 bridgehead atoms. The first-order valence-corrected chi connectivity index (χ1v) is 12.9. The second-order valence-corrected chi connectivity index (χ2v) is 9.85. The molecule has 1 N–H and O–H groups in total. The van der Waals surface area contributed by atoms with E-state index in [0.29, 0.717) is 43.5 Å². The number of benzene rings is 2. The maximum Gasteiger partial charge on any atom is 0.269 e. The van der Waals surface area contributed by atoms with Crippen LogP contribution in [0.2, 0.25) is 5.02 Å². The molecule has 1 aromatic heterocycles. The zero-order valence-corrected chi connectivity index (χ0v) is 21.2. The van der Waals surface area contributed by atoms with Crippen LogP contribution in [0.5, 0.6) is 11.5 Å². The SMILES string of the molecule is CCN(CC)CCCn1c(=O)/c(=C/c2ccc3c(c2)OCO3)s/c1=C1\C(=O)Nc2ccc(Cl)cc21. The number of nitrogens with zero attached hydrogens (tertiary/aromatic N) is 2. The quantitative estimate of drug-likeness (QED) is 0.528. The van der Waals surface area contributed by atoms with Crippen molar-refractivity contribution in [1.29, 1.82) is 0 Å². The molecule has 5 rings (SSSR count). The minimum atomic E-state index is -0.226. The number of rotatable bonds is 7. The van der Waals surface area contributed by atoms with Crippen LogP contribution in [0.3, 0.4) is 0 Å². The zero-order valence-electron chi connectivity index (χ0n) is 19.6. The van der Waals surface area contributed by atoms with Crippen LogP contribution in [-0.4, -0.2) is 41.8 Å². The number of hydrogen-bond donors (Lipinski definition) is 1. The highest BCUT2D eigenvalue weighted by atomic mass is 35.5. The van der Waals surface area contributed by atoms with E-state index >= 15 is 0 Å². The Balaban J connectivity index is 1.65. The Bertz CT molecular complexity index is 1470. The van der Waals surface area contributed by atoms with Gasteiger partial charge < -0.3 is 19.7 Å². The number of carbonyl (C=O) groups excluding carboxylic acids is 1. The Morgan fingerprint density at radius 2 is 1.91 bits per heavy atom. The molecule has 0 unspecified atom stereocenters. The Kier molecular flexibility index (Phi) is 6.69. The van der Waals surface area contributed by atoms with Gasteiger partial charge in [0.15, 0.2) is 11.5 Å². The van der Waals surface area contributed by atoms with Gasteiger partial charge in [0.2, 0.25) is 6.79 Å². The van der Waals surface area contributed by atoms with Crippen molar-refractivity contribution < 1.29 is 14.3 Å². The molecule has 3 aromatic rings. The summed E-state index contributed by atoms with van der Waals surface area (Å²) in [7, 11) is 0. The highest BCUT2D eigenvalue weighted by Gasteiger charge is 2.27. The summed E-state index contributed by atoms with van der Waals surface area (Å²) in [6.45, 7) is 7.75. The van der Waals surface area contributed by atoms with Crippen molar-refractivity contribution in [1.82, 2.24) is 9.47 Å². The predicted octanol–water partition coefficient (Wildman–Crippen LogP) is 3.00. The van der Waals surface area contributed by atoms with Crippen molar-refractivity contribution in [3.8, 4) is 11.5 Å². The lowest BCUT2D eigenvalue weighted by molar-refractivity contribution is -0.110. The van der Waals surface area contributed by atoms with Crippen molar-refractivity contribution in [2.75, 3.05) is 31.7 Å². The number of halogens is 1. The molecular formula is C26H26ClN3O4S. The molecule has 0 spiro atoms. The van der Waals surface area contributed by atoms with Crippen molar-refractivity contribution in [2.45, 2.75) is 26.8 Å². The zero-order chi connectivity index (χ0) is 24.5. The first-order valence-electron chi connectivity index (χ1n) is 11.7. The first kappa shape index (κ1) is 23.7. The van der Waals surface area contributed by atoms with Crippen molar-refractivity contribution in [3.05, 3.63) is 72.1 Å². The number of carbonyl (C=O) groups is 1. The molecule has 9 heteroatoms. The van der Waals surface area contributed by atoms with Gasteiger partial charge in [-0.1, -0.05) is 31.5 Å². The maximum absolute atomic E-state index is 13.6. The summed E-state index contributed by atoms with van der Waals surface area (Å²) in [6.07, 6.45) is 2.64. The van der Waals surface area contributed by atoms with E-state index in [1.807, 2.05) is 24.3 Å². The number of thiazole rings is 1. The minimum absolute atomic E-state index is 0.113. The second kappa shape index (κ2) is 9.89. The fourth-order valence-electron chi connectivity index (χ4n) is 4.41. The van der Waals surface area contributed by atoms with Crippen LogP contribution in [0, 0.1) is 0 Å². The van der Waals surface area contributed by atoms with E-state index in [4.69, 9.17) is 21.1 Å². The number of ether oxygens (including phenoxy) is 2. The summed E-state index contributed by atoms with van der Waals surface area (Å²) in [6, 6.07) is 10.9. The summed E-state index contributed by atoms with van der Waals surface area (Å²) in [5.74, 6) is 1.12. The van der Waals surface area contributed by atoms with Crippen LogP contribution in [0.4, 0.5) is 5.69 Å². The molecule has 7 nitrogen and oxygen atoms in total. The highest BCUT2D eigenvalue weighted by Crippen LogP contribution is 2.33. The van der Waals surface area contributed by atoms with Gasteiger partial charge in [0, 0.05) is 22.8 Å². The molecular weight excluding hydrogens is 486 g/mol. The molecule has 0 atom stereocenters. The molecule has 3 heterocycles. The molecule has 2 aliphatic rings. The van der Waals surface area contributed by atoms with Crippen molar-refractivity contribution >= 4 is 46.2 Å². The van der Waals surface area contributed by atoms with Crippen molar-refractivity contribution in [2.24, 2.45) is 0 Å². The van der Waals surface area contributed by atoms with Gasteiger partial charge in [0.25, 0.3) is 11.5 Å². The third kappa shape index (κ3) is 4.61. The molecule has 0 saturated carbocycles. The largest absolute Gasteiger partial charge is 0.454 e. The fraction of sp³-hybridized carbons (Fsp3) is 0.308. The molecule has 0 aliphatic carbocycles. The Labute approximate surface area is 211 Å². The number of amides is 1. The number of anilines is 1. The lowest BCUT2D eigenvalue weighted by atomic mass is 10.1. The molecule has 2 aliphatic heterocycles. The normalized spacial score (nSPS) is 16.2. The van der Waals surface area contributed by atoms with E-state index in [9.17, 15) is 9.59 Å². The van der Waals surface area contributed by atoms with E-state index in [1.165, 1.54) is 11.3 Å². The van der Waals surface area contributed by atoms with Gasteiger partial charge in [-0.05, 0) is 68.0 Å². The molecule has 182 valence electrons. The second-order valence-electron chi connectivity index (χ2n) is 8.38. The monoisotopic (exact) mass is 511 g/mol. The minimum Gasteiger partial charge on any atom is -0.454 e. The van der Waals surface area contributed by atoms with E-state index in [2.05, 4.69) is 24.1 Å². The van der Waals surface area contributed by atoms with Gasteiger partial charge in [-0.15, -0.1) is 11.3 Å². The van der Waals surface area contributed by atoms with Gasteiger partial charge in [0.05, 0.1) is 10.1 Å². The van der Waals surface area contributed by atoms with Crippen molar-refractivity contribution in [3.63, 3.8) is 0 Å². The summed E-state index contributed by atoms with van der Waals surface area (Å²) in [5, 5.41) is 3.45. The average molecular weight is 512 g/mol. The number of nitrogens with one attached hydrogen (secondary N) is 1. The molecule has 0 radical (unpaired) electrons. The van der Waals surface area contributed by atoms with Crippen LogP contribution in [0.25, 0.3) is 11.6 Å².